The van der Waals surface area contributed by atoms with Crippen molar-refractivity contribution in [1.82, 2.24) is 9.55 Å². The van der Waals surface area contributed by atoms with E-state index < -0.39 is 0 Å². The summed E-state index contributed by atoms with van der Waals surface area (Å²) >= 11 is 0. The number of imidazole rings is 1. The molecule has 0 saturated heterocycles. The van der Waals surface area contributed by atoms with Crippen LogP contribution in [0.25, 0.3) is 16.9 Å². The maximum Gasteiger partial charge on any atom is 0.181 e. The van der Waals surface area contributed by atoms with Gasteiger partial charge in [0.2, 0.25) is 0 Å². The van der Waals surface area contributed by atoms with Gasteiger partial charge in [-0.05, 0) is 43.3 Å². The first-order valence-electron chi connectivity index (χ1n) is 6.62. The Morgan fingerprint density at radius 2 is 1.80 bits per heavy atom. The van der Waals surface area contributed by atoms with Crippen molar-refractivity contribution >= 4 is 0 Å². The molecule has 0 N–H and O–H groups in total. The van der Waals surface area contributed by atoms with Crippen LogP contribution in [0.1, 0.15) is 6.92 Å². The fourth-order valence-electron chi connectivity index (χ4n) is 2.13. The van der Waals surface area contributed by atoms with E-state index in [1.54, 1.807) is 0 Å². The van der Waals surface area contributed by atoms with Gasteiger partial charge in [0.05, 0.1) is 18.5 Å². The summed E-state index contributed by atoms with van der Waals surface area (Å²) in [6, 6.07) is 18.1. The molecular weight excluding hydrogens is 248 g/mol. The van der Waals surface area contributed by atoms with Crippen molar-refractivity contribution in [2.75, 3.05) is 6.61 Å². The van der Waals surface area contributed by atoms with Crippen LogP contribution in [-0.4, -0.2) is 16.2 Å². The fourth-order valence-corrected chi connectivity index (χ4v) is 2.13. The van der Waals surface area contributed by atoms with E-state index in [2.05, 4.69) is 11.3 Å². The Morgan fingerprint density at radius 1 is 1.05 bits per heavy atom. The van der Waals surface area contributed by atoms with E-state index in [9.17, 15) is 0 Å². The third kappa shape index (κ3) is 2.43. The smallest absolute Gasteiger partial charge is 0.181 e. The molecule has 0 amide bonds. The predicted molar refractivity (Wildman–Crippen MR) is 79.0 cm³/mol. The molecule has 0 fully saturated rings. The van der Waals surface area contributed by atoms with Crippen molar-refractivity contribution in [2.45, 2.75) is 6.92 Å². The van der Waals surface area contributed by atoms with Crippen LogP contribution in [0.5, 0.6) is 5.75 Å². The van der Waals surface area contributed by atoms with E-state index in [1.807, 2.05) is 72.3 Å². The molecule has 0 saturated carbocycles. The summed E-state index contributed by atoms with van der Waals surface area (Å²) in [6.45, 7) is 2.66. The fraction of sp³-hybridized carbons (Fsp3) is 0.118. The average molecular weight is 263 g/mol. The number of ether oxygens (including phenoxy) is 1. The van der Waals surface area contributed by atoms with E-state index in [4.69, 9.17) is 4.74 Å². The largest absolute Gasteiger partial charge is 0.494 e. The molecule has 0 spiro atoms. The maximum atomic E-state index is 5.46. The molecule has 0 aliphatic rings. The highest BCUT2D eigenvalue weighted by atomic mass is 16.5. The maximum absolute atomic E-state index is 5.46. The minimum absolute atomic E-state index is 0.676. The minimum atomic E-state index is 0.676. The molecule has 0 unspecified atom stereocenters. The van der Waals surface area contributed by atoms with Gasteiger partial charge in [0.15, 0.2) is 6.33 Å². The summed E-state index contributed by atoms with van der Waals surface area (Å²) in [5.41, 5.74) is 3.15. The second kappa shape index (κ2) is 5.61. The molecule has 1 aromatic heterocycles. The van der Waals surface area contributed by atoms with Crippen LogP contribution >= 0.6 is 0 Å². The zero-order valence-electron chi connectivity index (χ0n) is 11.3. The monoisotopic (exact) mass is 263 g/mol. The van der Waals surface area contributed by atoms with Gasteiger partial charge in [-0.15, -0.1) is 0 Å². The van der Waals surface area contributed by atoms with Crippen molar-refractivity contribution < 1.29 is 4.74 Å². The molecule has 3 nitrogen and oxygen atoms in total. The van der Waals surface area contributed by atoms with Gasteiger partial charge in [-0.3, -0.25) is 4.57 Å². The van der Waals surface area contributed by atoms with Crippen LogP contribution in [0, 0.1) is 6.33 Å². The van der Waals surface area contributed by atoms with E-state index in [-0.39, 0.29) is 0 Å². The van der Waals surface area contributed by atoms with Crippen LogP contribution in [0.2, 0.25) is 0 Å². The molecule has 3 heteroatoms. The zero-order chi connectivity index (χ0) is 13.8. The third-order valence-electron chi connectivity index (χ3n) is 3.06. The first-order chi connectivity index (χ1) is 9.88. The average Bonchev–Trinajstić information content (AvgIpc) is 2.99. The summed E-state index contributed by atoms with van der Waals surface area (Å²) in [5, 5.41) is 0. The Kier molecular flexibility index (Phi) is 3.50. The molecule has 3 aromatic rings. The van der Waals surface area contributed by atoms with Crippen molar-refractivity contribution in [3.63, 3.8) is 0 Å². The highest BCUT2D eigenvalue weighted by Crippen LogP contribution is 2.24. The summed E-state index contributed by atoms with van der Waals surface area (Å²) < 4.78 is 7.42. The lowest BCUT2D eigenvalue weighted by molar-refractivity contribution is 0.340. The zero-order valence-corrected chi connectivity index (χ0v) is 11.3. The summed E-state index contributed by atoms with van der Waals surface area (Å²) in [7, 11) is 0. The summed E-state index contributed by atoms with van der Waals surface area (Å²) in [6.07, 6.45) is 4.82. The Balaban J connectivity index is 1.97. The molecule has 3 rings (SSSR count). The molecular formula is C17H15N2O. The molecule has 0 bridgehead atoms. The minimum Gasteiger partial charge on any atom is -0.494 e. The van der Waals surface area contributed by atoms with Gasteiger partial charge in [0, 0.05) is 11.3 Å². The number of para-hydroxylation sites is 1. The Labute approximate surface area is 118 Å². The van der Waals surface area contributed by atoms with Gasteiger partial charge in [0.25, 0.3) is 0 Å². The van der Waals surface area contributed by atoms with Crippen molar-refractivity contribution in [2.24, 2.45) is 0 Å². The van der Waals surface area contributed by atoms with Gasteiger partial charge in [-0.2, -0.15) is 0 Å². The lowest BCUT2D eigenvalue weighted by Gasteiger charge is -2.08. The lowest BCUT2D eigenvalue weighted by atomic mass is 10.1. The predicted octanol–water partition coefficient (Wildman–Crippen LogP) is 3.74. The number of rotatable bonds is 4. The number of hydrogen-bond acceptors (Lipinski definition) is 2. The van der Waals surface area contributed by atoms with E-state index in [0.717, 1.165) is 22.7 Å². The van der Waals surface area contributed by atoms with Crippen LogP contribution in [0.15, 0.2) is 60.8 Å². The Hall–Kier alpha value is -2.55. The first kappa shape index (κ1) is 12.5. The van der Waals surface area contributed by atoms with E-state index >= 15 is 0 Å². The van der Waals surface area contributed by atoms with Crippen molar-refractivity contribution in [3.05, 3.63) is 67.1 Å². The Morgan fingerprint density at radius 3 is 2.50 bits per heavy atom. The highest BCUT2D eigenvalue weighted by Gasteiger charge is 2.07. The Bertz CT molecular complexity index is 672. The SMILES string of the molecule is CCOc1ccc(-c2cn[c]n2-c2ccccc2)cc1. The topological polar surface area (TPSA) is 27.1 Å². The summed E-state index contributed by atoms with van der Waals surface area (Å²) in [4.78, 5) is 4.14. The number of nitrogens with zero attached hydrogens (tertiary/aromatic N) is 2. The summed E-state index contributed by atoms with van der Waals surface area (Å²) in [5.74, 6) is 0.881. The van der Waals surface area contributed by atoms with E-state index in [0.29, 0.717) is 6.61 Å². The number of benzene rings is 2. The molecule has 0 atom stereocenters. The van der Waals surface area contributed by atoms with Gasteiger partial charge in [-0.1, -0.05) is 18.2 Å². The second-order valence-electron chi connectivity index (χ2n) is 4.37. The van der Waals surface area contributed by atoms with Crippen LogP contribution in [0.3, 0.4) is 0 Å². The van der Waals surface area contributed by atoms with Gasteiger partial charge >= 0.3 is 0 Å². The van der Waals surface area contributed by atoms with Gasteiger partial charge < -0.3 is 4.74 Å². The molecule has 99 valence electrons. The standard InChI is InChI=1S/C17H15N2O/c1-2-20-16-10-8-14(9-11-16)17-12-18-13-19(17)15-6-4-3-5-7-15/h3-12H,2H2,1H3. The van der Waals surface area contributed by atoms with Crippen LogP contribution < -0.4 is 4.74 Å². The lowest BCUT2D eigenvalue weighted by Crippen LogP contribution is -1.95. The highest BCUT2D eigenvalue weighted by molar-refractivity contribution is 5.62. The molecule has 0 aliphatic carbocycles. The van der Waals surface area contributed by atoms with Gasteiger partial charge in [0.1, 0.15) is 5.75 Å². The first-order valence-corrected chi connectivity index (χ1v) is 6.62. The third-order valence-corrected chi connectivity index (χ3v) is 3.06. The quantitative estimate of drug-likeness (QED) is 0.717. The van der Waals surface area contributed by atoms with Crippen molar-refractivity contribution in [3.8, 4) is 22.7 Å². The normalized spacial score (nSPS) is 10.4. The number of aromatic nitrogens is 2. The molecule has 2 aromatic carbocycles. The van der Waals surface area contributed by atoms with Crippen LogP contribution in [-0.2, 0) is 0 Å². The van der Waals surface area contributed by atoms with Crippen LogP contribution in [0.4, 0.5) is 0 Å². The van der Waals surface area contributed by atoms with E-state index in [1.165, 1.54) is 0 Å². The molecule has 20 heavy (non-hydrogen) atoms. The van der Waals surface area contributed by atoms with Crippen molar-refractivity contribution in [1.29, 1.82) is 0 Å². The second-order valence-corrected chi connectivity index (χ2v) is 4.37. The number of hydrogen-bond donors (Lipinski definition) is 0. The van der Waals surface area contributed by atoms with Gasteiger partial charge in [-0.25, -0.2) is 4.98 Å². The molecule has 1 radical (unpaired) electrons. The molecule has 0 aliphatic heterocycles. The molecule has 1 heterocycles.